The van der Waals surface area contributed by atoms with Gasteiger partial charge in [-0.2, -0.15) is 0 Å². The zero-order valence-corrected chi connectivity index (χ0v) is 11.9. The molecule has 0 bridgehead atoms. The molecule has 2 aromatic rings. The molecule has 0 heterocycles. The normalized spacial score (nSPS) is 12.2. The molecule has 0 amide bonds. The average molecular weight is 292 g/mol. The fourth-order valence-electron chi connectivity index (χ4n) is 1.92. The molecule has 112 valence electrons. The molecular formula is C17H18F2O2. The van der Waals surface area contributed by atoms with Gasteiger partial charge in [0.1, 0.15) is 12.4 Å². The highest BCUT2D eigenvalue weighted by Gasteiger charge is 2.04. The van der Waals surface area contributed by atoms with Crippen LogP contribution in [0.25, 0.3) is 0 Å². The molecule has 2 rings (SSSR count). The number of halogens is 2. The quantitative estimate of drug-likeness (QED) is 0.876. The summed E-state index contributed by atoms with van der Waals surface area (Å²) in [6.07, 6.45) is 1.21. The Morgan fingerprint density at radius 1 is 1.00 bits per heavy atom. The van der Waals surface area contributed by atoms with Gasteiger partial charge in [-0.3, -0.25) is 0 Å². The molecular weight excluding hydrogens is 274 g/mol. The van der Waals surface area contributed by atoms with E-state index in [9.17, 15) is 13.9 Å². The van der Waals surface area contributed by atoms with Crippen LogP contribution in [0.3, 0.4) is 0 Å². The lowest BCUT2D eigenvalue weighted by molar-refractivity contribution is 0.185. The fraction of sp³-hybridized carbons (Fsp3) is 0.294. The minimum Gasteiger partial charge on any atom is -0.489 e. The Morgan fingerprint density at radius 3 is 2.29 bits per heavy atom. The van der Waals surface area contributed by atoms with Crippen molar-refractivity contribution >= 4 is 0 Å². The highest BCUT2D eigenvalue weighted by molar-refractivity contribution is 5.28. The van der Waals surface area contributed by atoms with Crippen LogP contribution in [0.4, 0.5) is 8.78 Å². The first-order chi connectivity index (χ1) is 10.0. The Bertz CT molecular complexity index is 580. The van der Waals surface area contributed by atoms with Gasteiger partial charge in [0, 0.05) is 0 Å². The third-order valence-electron chi connectivity index (χ3n) is 3.16. The minimum atomic E-state index is -0.871. The molecule has 0 aliphatic rings. The average Bonchev–Trinajstić information content (AvgIpc) is 2.47. The van der Waals surface area contributed by atoms with Crippen molar-refractivity contribution in [1.29, 1.82) is 0 Å². The third kappa shape index (κ3) is 4.83. The molecule has 2 aromatic carbocycles. The van der Waals surface area contributed by atoms with Crippen molar-refractivity contribution < 1.29 is 18.6 Å². The summed E-state index contributed by atoms with van der Waals surface area (Å²) in [7, 11) is 0. The van der Waals surface area contributed by atoms with E-state index < -0.39 is 11.6 Å². The van der Waals surface area contributed by atoms with Crippen LogP contribution in [0.15, 0.2) is 42.5 Å². The fourth-order valence-corrected chi connectivity index (χ4v) is 1.92. The second-order valence-electron chi connectivity index (χ2n) is 5.07. The number of aryl methyl sites for hydroxylation is 1. The van der Waals surface area contributed by atoms with E-state index in [0.717, 1.165) is 30.5 Å². The first-order valence-corrected chi connectivity index (χ1v) is 6.88. The van der Waals surface area contributed by atoms with Crippen molar-refractivity contribution in [2.45, 2.75) is 32.5 Å². The van der Waals surface area contributed by atoms with Gasteiger partial charge in [0.2, 0.25) is 0 Å². The lowest BCUT2D eigenvalue weighted by Crippen LogP contribution is -2.01. The van der Waals surface area contributed by atoms with Crippen molar-refractivity contribution in [1.82, 2.24) is 0 Å². The Morgan fingerprint density at radius 2 is 1.67 bits per heavy atom. The molecule has 0 saturated carbocycles. The molecule has 0 saturated heterocycles. The summed E-state index contributed by atoms with van der Waals surface area (Å²) in [5, 5.41) is 9.24. The molecule has 0 fully saturated rings. The van der Waals surface area contributed by atoms with Crippen LogP contribution in [0.1, 0.15) is 24.5 Å². The molecule has 4 heteroatoms. The molecule has 1 N–H and O–H groups in total. The maximum atomic E-state index is 13.1. The number of ether oxygens (including phenoxy) is 1. The first-order valence-electron chi connectivity index (χ1n) is 6.88. The van der Waals surface area contributed by atoms with Gasteiger partial charge in [0.25, 0.3) is 0 Å². The summed E-state index contributed by atoms with van der Waals surface area (Å²) in [5.74, 6) is -1.06. The van der Waals surface area contributed by atoms with Crippen molar-refractivity contribution in [3.63, 3.8) is 0 Å². The Hall–Kier alpha value is -1.94. The van der Waals surface area contributed by atoms with Gasteiger partial charge in [0.05, 0.1) is 6.10 Å². The SMILES string of the molecule is CC(O)CCc1ccc(OCc2ccc(F)c(F)c2)cc1. The van der Waals surface area contributed by atoms with Crippen LogP contribution in [-0.4, -0.2) is 11.2 Å². The van der Waals surface area contributed by atoms with E-state index >= 15 is 0 Å². The van der Waals surface area contributed by atoms with Crippen LogP contribution < -0.4 is 4.74 Å². The molecule has 0 aliphatic heterocycles. The minimum absolute atomic E-state index is 0.185. The Balaban J connectivity index is 1.89. The van der Waals surface area contributed by atoms with Gasteiger partial charge in [-0.15, -0.1) is 0 Å². The second kappa shape index (κ2) is 7.18. The lowest BCUT2D eigenvalue weighted by Gasteiger charge is -2.08. The van der Waals surface area contributed by atoms with Gasteiger partial charge in [0.15, 0.2) is 11.6 Å². The molecule has 0 aromatic heterocycles. The number of rotatable bonds is 6. The molecule has 2 nitrogen and oxygen atoms in total. The van der Waals surface area contributed by atoms with Gasteiger partial charge < -0.3 is 9.84 Å². The lowest BCUT2D eigenvalue weighted by atomic mass is 10.1. The van der Waals surface area contributed by atoms with Crippen LogP contribution in [0.2, 0.25) is 0 Å². The molecule has 0 aliphatic carbocycles. The molecule has 1 atom stereocenters. The van der Waals surface area contributed by atoms with E-state index in [0.29, 0.717) is 11.3 Å². The third-order valence-corrected chi connectivity index (χ3v) is 3.16. The largest absolute Gasteiger partial charge is 0.489 e. The van der Waals surface area contributed by atoms with Gasteiger partial charge >= 0.3 is 0 Å². The Kier molecular flexibility index (Phi) is 5.28. The number of aliphatic hydroxyl groups excluding tert-OH is 1. The predicted octanol–water partition coefficient (Wildman–Crippen LogP) is 3.86. The zero-order valence-electron chi connectivity index (χ0n) is 11.9. The molecule has 0 radical (unpaired) electrons. The van der Waals surface area contributed by atoms with E-state index in [1.165, 1.54) is 6.07 Å². The van der Waals surface area contributed by atoms with Gasteiger partial charge in [-0.05, 0) is 55.2 Å². The van der Waals surface area contributed by atoms with Gasteiger partial charge in [-0.1, -0.05) is 18.2 Å². The van der Waals surface area contributed by atoms with E-state index in [1.807, 2.05) is 24.3 Å². The number of hydrogen-bond acceptors (Lipinski definition) is 2. The summed E-state index contributed by atoms with van der Waals surface area (Å²) >= 11 is 0. The van der Waals surface area contributed by atoms with Crippen LogP contribution in [-0.2, 0) is 13.0 Å². The van der Waals surface area contributed by atoms with Crippen LogP contribution >= 0.6 is 0 Å². The van der Waals surface area contributed by atoms with E-state index in [2.05, 4.69) is 0 Å². The predicted molar refractivity (Wildman–Crippen MR) is 77.1 cm³/mol. The highest BCUT2D eigenvalue weighted by Crippen LogP contribution is 2.16. The van der Waals surface area contributed by atoms with Crippen molar-refractivity contribution in [3.8, 4) is 5.75 Å². The number of aliphatic hydroxyl groups is 1. The summed E-state index contributed by atoms with van der Waals surface area (Å²) in [5.41, 5.74) is 1.70. The second-order valence-corrected chi connectivity index (χ2v) is 5.07. The van der Waals surface area contributed by atoms with E-state index in [1.54, 1.807) is 6.92 Å². The molecule has 21 heavy (non-hydrogen) atoms. The van der Waals surface area contributed by atoms with Crippen LogP contribution in [0, 0.1) is 11.6 Å². The van der Waals surface area contributed by atoms with Crippen molar-refractivity contribution in [2.75, 3.05) is 0 Å². The standard InChI is InChI=1S/C17H18F2O2/c1-12(20)2-3-13-4-7-15(8-5-13)21-11-14-6-9-16(18)17(19)10-14/h4-10,12,20H,2-3,11H2,1H3. The van der Waals surface area contributed by atoms with E-state index in [4.69, 9.17) is 4.74 Å². The summed E-state index contributed by atoms with van der Waals surface area (Å²) in [6, 6.07) is 11.2. The summed E-state index contributed by atoms with van der Waals surface area (Å²) < 4.78 is 31.4. The van der Waals surface area contributed by atoms with Crippen LogP contribution in [0.5, 0.6) is 5.75 Å². The maximum absolute atomic E-state index is 13.1. The topological polar surface area (TPSA) is 29.5 Å². The number of benzene rings is 2. The monoisotopic (exact) mass is 292 g/mol. The zero-order chi connectivity index (χ0) is 15.2. The maximum Gasteiger partial charge on any atom is 0.159 e. The summed E-state index contributed by atoms with van der Waals surface area (Å²) in [4.78, 5) is 0. The first kappa shape index (κ1) is 15.4. The smallest absolute Gasteiger partial charge is 0.159 e. The molecule has 0 spiro atoms. The Labute approximate surface area is 123 Å². The molecule has 1 unspecified atom stereocenters. The van der Waals surface area contributed by atoms with Gasteiger partial charge in [-0.25, -0.2) is 8.78 Å². The van der Waals surface area contributed by atoms with Crippen molar-refractivity contribution in [3.05, 3.63) is 65.2 Å². The highest BCUT2D eigenvalue weighted by atomic mass is 19.2. The van der Waals surface area contributed by atoms with E-state index in [-0.39, 0.29) is 12.7 Å². The summed E-state index contributed by atoms with van der Waals surface area (Å²) in [6.45, 7) is 1.95. The number of hydrogen-bond donors (Lipinski definition) is 1. The van der Waals surface area contributed by atoms with Crippen molar-refractivity contribution in [2.24, 2.45) is 0 Å².